The van der Waals surface area contributed by atoms with Crippen molar-refractivity contribution in [2.75, 3.05) is 19.6 Å². The van der Waals surface area contributed by atoms with Crippen molar-refractivity contribution in [1.29, 1.82) is 0 Å². The third-order valence-electron chi connectivity index (χ3n) is 4.57. The molecule has 1 aliphatic heterocycles. The molecule has 6 nitrogen and oxygen atoms in total. The Morgan fingerprint density at radius 1 is 1.32 bits per heavy atom. The Bertz CT molecular complexity index is 676. The molecule has 0 aromatic heterocycles. The number of piperidine rings is 1. The second kappa shape index (κ2) is 7.81. The number of nitrogens with zero attached hydrogens (tertiary/aromatic N) is 2. The van der Waals surface area contributed by atoms with Gasteiger partial charge in [0, 0.05) is 18.7 Å². The topological polar surface area (TPSA) is 75.5 Å². The standard InChI is InChI=1S/C16H20F3N3O3/c1-9-3-5-21(6-4-9)10(2)8-20-16(23)11-7-12(22(24)25)14(18)15(19)13(11)17/h7,9-10H,3-6,8H2,1-2H3,(H,20,23). The van der Waals surface area contributed by atoms with Gasteiger partial charge >= 0.3 is 5.69 Å². The molecular weight excluding hydrogens is 339 g/mol. The molecule has 0 aliphatic carbocycles. The average molecular weight is 359 g/mol. The lowest BCUT2D eigenvalue weighted by molar-refractivity contribution is -0.387. The lowest BCUT2D eigenvalue weighted by atomic mass is 9.98. The van der Waals surface area contributed by atoms with E-state index in [9.17, 15) is 28.1 Å². The summed E-state index contributed by atoms with van der Waals surface area (Å²) in [6.45, 7) is 5.98. The van der Waals surface area contributed by atoms with Gasteiger partial charge in [-0.05, 0) is 38.8 Å². The zero-order chi connectivity index (χ0) is 18.7. The van der Waals surface area contributed by atoms with Gasteiger partial charge in [0.05, 0.1) is 10.5 Å². The maximum Gasteiger partial charge on any atom is 0.308 e. The van der Waals surface area contributed by atoms with Crippen molar-refractivity contribution in [2.45, 2.75) is 32.7 Å². The van der Waals surface area contributed by atoms with Crippen molar-refractivity contribution in [3.63, 3.8) is 0 Å². The van der Waals surface area contributed by atoms with Crippen molar-refractivity contribution in [3.8, 4) is 0 Å². The molecule has 138 valence electrons. The van der Waals surface area contributed by atoms with Gasteiger partial charge in [-0.15, -0.1) is 0 Å². The number of carbonyl (C=O) groups is 1. The molecule has 0 saturated carbocycles. The summed E-state index contributed by atoms with van der Waals surface area (Å²) in [5, 5.41) is 13.1. The summed E-state index contributed by atoms with van der Waals surface area (Å²) in [6, 6.07) is 0.385. The SMILES string of the molecule is CC1CCN(C(C)CNC(=O)c2cc([N+](=O)[O-])c(F)c(F)c2F)CC1. The van der Waals surface area contributed by atoms with Crippen LogP contribution < -0.4 is 5.32 Å². The van der Waals surface area contributed by atoms with Crippen molar-refractivity contribution < 1.29 is 22.9 Å². The van der Waals surface area contributed by atoms with Crippen LogP contribution >= 0.6 is 0 Å². The summed E-state index contributed by atoms with van der Waals surface area (Å²) in [5.74, 6) is -6.06. The quantitative estimate of drug-likeness (QED) is 0.498. The molecule has 25 heavy (non-hydrogen) atoms. The fourth-order valence-corrected chi connectivity index (χ4v) is 2.82. The summed E-state index contributed by atoms with van der Waals surface area (Å²) in [5.41, 5.74) is -2.16. The van der Waals surface area contributed by atoms with E-state index in [1.807, 2.05) is 6.92 Å². The number of hydrogen-bond acceptors (Lipinski definition) is 4. The average Bonchev–Trinajstić information content (AvgIpc) is 2.57. The molecule has 1 aromatic rings. The molecular formula is C16H20F3N3O3. The summed E-state index contributed by atoms with van der Waals surface area (Å²) < 4.78 is 40.6. The fourth-order valence-electron chi connectivity index (χ4n) is 2.82. The molecule has 1 fully saturated rings. The summed E-state index contributed by atoms with van der Waals surface area (Å²) in [7, 11) is 0. The monoisotopic (exact) mass is 359 g/mol. The van der Waals surface area contributed by atoms with E-state index in [4.69, 9.17) is 0 Å². The molecule has 0 spiro atoms. The molecule has 1 saturated heterocycles. The molecule has 1 unspecified atom stereocenters. The van der Waals surface area contributed by atoms with Gasteiger partial charge in [-0.1, -0.05) is 6.92 Å². The minimum absolute atomic E-state index is 0.0280. The van der Waals surface area contributed by atoms with Crippen molar-refractivity contribution in [3.05, 3.63) is 39.2 Å². The molecule has 0 bridgehead atoms. The number of hydrogen-bond donors (Lipinski definition) is 1. The van der Waals surface area contributed by atoms with Crippen molar-refractivity contribution >= 4 is 11.6 Å². The number of nitro groups is 1. The number of nitro benzene ring substituents is 1. The minimum atomic E-state index is -2.03. The van der Waals surface area contributed by atoms with Gasteiger partial charge in [0.2, 0.25) is 11.6 Å². The highest BCUT2D eigenvalue weighted by Gasteiger charge is 2.29. The normalized spacial score (nSPS) is 17.3. The van der Waals surface area contributed by atoms with Gasteiger partial charge in [0.1, 0.15) is 0 Å². The van der Waals surface area contributed by atoms with Crippen LogP contribution in [-0.2, 0) is 0 Å². The zero-order valence-corrected chi connectivity index (χ0v) is 14.0. The van der Waals surface area contributed by atoms with Crippen LogP contribution in [0.3, 0.4) is 0 Å². The first-order valence-corrected chi connectivity index (χ1v) is 8.06. The van der Waals surface area contributed by atoms with Crippen molar-refractivity contribution in [2.24, 2.45) is 5.92 Å². The smallest absolute Gasteiger partial charge is 0.308 e. The molecule has 1 N–H and O–H groups in total. The Labute approximate surface area is 143 Å². The van der Waals surface area contributed by atoms with E-state index < -0.39 is 39.5 Å². The molecule has 1 atom stereocenters. The Morgan fingerprint density at radius 3 is 2.48 bits per heavy atom. The highest BCUT2D eigenvalue weighted by Crippen LogP contribution is 2.25. The van der Waals surface area contributed by atoms with E-state index >= 15 is 0 Å². The van der Waals surface area contributed by atoms with Gasteiger partial charge in [0.25, 0.3) is 5.91 Å². The van der Waals surface area contributed by atoms with Crippen LogP contribution in [0.25, 0.3) is 0 Å². The third kappa shape index (κ3) is 4.28. The number of halogens is 3. The Kier molecular flexibility index (Phi) is 5.99. The van der Waals surface area contributed by atoms with E-state index in [-0.39, 0.29) is 12.6 Å². The van der Waals surface area contributed by atoms with Gasteiger partial charge < -0.3 is 5.32 Å². The van der Waals surface area contributed by atoms with Crippen LogP contribution in [0.4, 0.5) is 18.9 Å². The van der Waals surface area contributed by atoms with Gasteiger partial charge in [-0.3, -0.25) is 19.8 Å². The third-order valence-corrected chi connectivity index (χ3v) is 4.57. The first-order chi connectivity index (χ1) is 11.7. The second-order valence-corrected chi connectivity index (χ2v) is 6.42. The van der Waals surface area contributed by atoms with Crippen LogP contribution in [0.5, 0.6) is 0 Å². The van der Waals surface area contributed by atoms with Crippen molar-refractivity contribution in [1.82, 2.24) is 10.2 Å². The second-order valence-electron chi connectivity index (χ2n) is 6.42. The summed E-state index contributed by atoms with van der Waals surface area (Å²) >= 11 is 0. The van der Waals surface area contributed by atoms with Gasteiger partial charge in [-0.25, -0.2) is 8.78 Å². The molecule has 1 aromatic carbocycles. The number of amides is 1. The van der Waals surface area contributed by atoms with Crippen LogP contribution in [0.2, 0.25) is 0 Å². The van der Waals surface area contributed by atoms with Crippen LogP contribution in [0, 0.1) is 33.5 Å². The van der Waals surface area contributed by atoms with E-state index in [2.05, 4.69) is 17.1 Å². The number of likely N-dealkylation sites (tertiary alicyclic amines) is 1. The summed E-state index contributed by atoms with van der Waals surface area (Å²) in [6.07, 6.45) is 2.09. The summed E-state index contributed by atoms with van der Waals surface area (Å²) in [4.78, 5) is 23.7. The number of rotatable bonds is 5. The predicted octanol–water partition coefficient (Wildman–Crippen LogP) is 2.86. The lowest BCUT2D eigenvalue weighted by Gasteiger charge is -2.35. The minimum Gasteiger partial charge on any atom is -0.350 e. The van der Waals surface area contributed by atoms with Gasteiger partial charge in [-0.2, -0.15) is 4.39 Å². The van der Waals surface area contributed by atoms with Crippen LogP contribution in [-0.4, -0.2) is 41.4 Å². The molecule has 2 rings (SSSR count). The van der Waals surface area contributed by atoms with E-state index in [1.54, 1.807) is 0 Å². The van der Waals surface area contributed by atoms with E-state index in [1.165, 1.54) is 0 Å². The predicted molar refractivity (Wildman–Crippen MR) is 84.7 cm³/mol. The number of nitrogens with one attached hydrogen (secondary N) is 1. The molecule has 1 amide bonds. The van der Waals surface area contributed by atoms with Gasteiger partial charge in [0.15, 0.2) is 5.82 Å². The van der Waals surface area contributed by atoms with Crippen LogP contribution in [0.1, 0.15) is 37.0 Å². The fraction of sp³-hybridized carbons (Fsp3) is 0.562. The van der Waals surface area contributed by atoms with Crippen LogP contribution in [0.15, 0.2) is 6.07 Å². The highest BCUT2D eigenvalue weighted by molar-refractivity contribution is 5.95. The van der Waals surface area contributed by atoms with E-state index in [0.717, 1.165) is 25.9 Å². The highest BCUT2D eigenvalue weighted by atomic mass is 19.2. The molecule has 0 radical (unpaired) electrons. The first-order valence-electron chi connectivity index (χ1n) is 8.06. The maximum atomic E-state index is 13.8. The Hall–Kier alpha value is -2.16. The Balaban J connectivity index is 2.07. The molecule has 1 aliphatic rings. The number of benzene rings is 1. The largest absolute Gasteiger partial charge is 0.350 e. The zero-order valence-electron chi connectivity index (χ0n) is 14.0. The van der Waals surface area contributed by atoms with E-state index in [0.29, 0.717) is 12.0 Å². The number of carbonyl (C=O) groups excluding carboxylic acids is 1. The first kappa shape index (κ1) is 19.2. The molecule has 1 heterocycles. The Morgan fingerprint density at radius 2 is 1.92 bits per heavy atom. The molecule has 9 heteroatoms. The maximum absolute atomic E-state index is 13.8. The lowest BCUT2D eigenvalue weighted by Crippen LogP contribution is -2.45.